The Hall–Kier alpha value is -2.43. The van der Waals surface area contributed by atoms with E-state index in [9.17, 15) is 28.2 Å². The molecule has 1 heterocycles. The SMILES string of the molecule is CC(C)(CO)CNCc1c(C(=O)NC2CCCC(O)C2)noc1-c1ccc(C(F)(F)F)cc1. The highest BCUT2D eigenvalue weighted by molar-refractivity contribution is 5.95. The minimum absolute atomic E-state index is 0.0410. The Morgan fingerprint density at radius 3 is 2.52 bits per heavy atom. The summed E-state index contributed by atoms with van der Waals surface area (Å²) in [5.74, 6) is -0.263. The number of alkyl halides is 3. The van der Waals surface area contributed by atoms with E-state index in [4.69, 9.17) is 4.52 Å². The number of aliphatic hydroxyl groups is 2. The number of hydrogen-bond acceptors (Lipinski definition) is 6. The van der Waals surface area contributed by atoms with Crippen molar-refractivity contribution in [1.29, 1.82) is 0 Å². The van der Waals surface area contributed by atoms with E-state index >= 15 is 0 Å². The number of amides is 1. The summed E-state index contributed by atoms with van der Waals surface area (Å²) in [6.07, 6.45) is -2.24. The van der Waals surface area contributed by atoms with Crippen molar-refractivity contribution < 1.29 is 32.7 Å². The zero-order chi connectivity index (χ0) is 24.2. The zero-order valence-corrected chi connectivity index (χ0v) is 18.7. The minimum atomic E-state index is -4.46. The molecule has 4 N–H and O–H groups in total. The number of carbonyl (C=O) groups excluding carboxylic acids is 1. The van der Waals surface area contributed by atoms with E-state index in [1.54, 1.807) is 0 Å². The van der Waals surface area contributed by atoms with Gasteiger partial charge in [0.1, 0.15) is 0 Å². The molecule has 7 nitrogen and oxygen atoms in total. The van der Waals surface area contributed by atoms with Gasteiger partial charge in [-0.2, -0.15) is 13.2 Å². The molecule has 182 valence electrons. The Kier molecular flexibility index (Phi) is 7.81. The van der Waals surface area contributed by atoms with Gasteiger partial charge in [-0.1, -0.05) is 31.1 Å². The summed E-state index contributed by atoms with van der Waals surface area (Å²) in [5.41, 5.74) is -0.381. The lowest BCUT2D eigenvalue weighted by Crippen LogP contribution is -2.40. The first-order chi connectivity index (χ1) is 15.5. The summed E-state index contributed by atoms with van der Waals surface area (Å²) in [7, 11) is 0. The van der Waals surface area contributed by atoms with Gasteiger partial charge in [-0.25, -0.2) is 0 Å². The quantitative estimate of drug-likeness (QED) is 0.471. The Bertz CT molecular complexity index is 941. The highest BCUT2D eigenvalue weighted by atomic mass is 19.4. The second kappa shape index (κ2) is 10.2. The molecular weight excluding hydrogens is 439 g/mol. The minimum Gasteiger partial charge on any atom is -0.396 e. The topological polar surface area (TPSA) is 108 Å². The molecule has 1 amide bonds. The molecule has 33 heavy (non-hydrogen) atoms. The summed E-state index contributed by atoms with van der Waals surface area (Å²) in [4.78, 5) is 13.0. The molecule has 1 saturated carbocycles. The van der Waals surface area contributed by atoms with Crippen LogP contribution in [0.25, 0.3) is 11.3 Å². The standard InChI is InChI=1S/C23H30F3N3O4/c1-22(2,13-30)12-27-11-18-19(21(32)28-16-4-3-5-17(31)10-16)29-33-20(18)14-6-8-15(9-7-14)23(24,25)26/h6-9,16-17,27,30-31H,3-5,10-13H2,1-2H3,(H,28,32). The summed E-state index contributed by atoms with van der Waals surface area (Å²) in [6.45, 7) is 4.28. The Morgan fingerprint density at radius 1 is 1.21 bits per heavy atom. The fourth-order valence-electron chi connectivity index (χ4n) is 3.82. The first-order valence-electron chi connectivity index (χ1n) is 11.0. The average molecular weight is 470 g/mol. The molecule has 0 radical (unpaired) electrons. The fraction of sp³-hybridized carbons (Fsp3) is 0.565. The van der Waals surface area contributed by atoms with Crippen LogP contribution in [0, 0.1) is 5.41 Å². The number of aliphatic hydroxyl groups excluding tert-OH is 2. The van der Waals surface area contributed by atoms with Crippen molar-refractivity contribution in [2.24, 2.45) is 5.41 Å². The predicted molar refractivity (Wildman–Crippen MR) is 115 cm³/mol. The predicted octanol–water partition coefficient (Wildman–Crippen LogP) is 3.50. The maximum atomic E-state index is 13.0. The molecule has 2 aromatic rings. The van der Waals surface area contributed by atoms with Gasteiger partial charge in [-0.3, -0.25) is 4.79 Å². The number of halogens is 3. The fourth-order valence-corrected chi connectivity index (χ4v) is 3.82. The van der Waals surface area contributed by atoms with Crippen molar-refractivity contribution in [1.82, 2.24) is 15.8 Å². The largest absolute Gasteiger partial charge is 0.416 e. The van der Waals surface area contributed by atoms with Crippen molar-refractivity contribution in [2.75, 3.05) is 13.2 Å². The first-order valence-corrected chi connectivity index (χ1v) is 11.0. The Labute approximate surface area is 190 Å². The van der Waals surface area contributed by atoms with Gasteiger partial charge in [-0.05, 0) is 37.8 Å². The van der Waals surface area contributed by atoms with Gasteiger partial charge < -0.3 is 25.4 Å². The van der Waals surface area contributed by atoms with Gasteiger partial charge in [0.2, 0.25) is 0 Å². The van der Waals surface area contributed by atoms with Crippen LogP contribution in [0.2, 0.25) is 0 Å². The molecule has 0 saturated heterocycles. The molecule has 3 rings (SSSR count). The van der Waals surface area contributed by atoms with E-state index < -0.39 is 29.2 Å². The van der Waals surface area contributed by atoms with Gasteiger partial charge in [0.15, 0.2) is 11.5 Å². The molecule has 1 aliphatic rings. The van der Waals surface area contributed by atoms with Gasteiger partial charge in [0.25, 0.3) is 5.91 Å². The number of aromatic nitrogens is 1. The molecule has 2 atom stereocenters. The first kappa shape index (κ1) is 25.2. The molecule has 0 bridgehead atoms. The van der Waals surface area contributed by atoms with E-state index in [0.717, 1.165) is 25.0 Å². The highest BCUT2D eigenvalue weighted by Gasteiger charge is 2.31. The van der Waals surface area contributed by atoms with Crippen LogP contribution in [-0.2, 0) is 12.7 Å². The number of carbonyl (C=O) groups is 1. The molecule has 1 aliphatic carbocycles. The second-order valence-corrected chi connectivity index (χ2v) is 9.33. The summed E-state index contributed by atoms with van der Waals surface area (Å²) >= 11 is 0. The number of rotatable bonds is 8. The number of hydrogen-bond donors (Lipinski definition) is 4. The third-order valence-corrected chi connectivity index (χ3v) is 5.79. The number of nitrogens with zero attached hydrogens (tertiary/aromatic N) is 1. The molecule has 10 heteroatoms. The van der Waals surface area contributed by atoms with E-state index in [1.807, 2.05) is 13.8 Å². The second-order valence-electron chi connectivity index (χ2n) is 9.33. The van der Waals surface area contributed by atoms with Crippen LogP contribution in [0.5, 0.6) is 0 Å². The van der Waals surface area contributed by atoms with Gasteiger partial charge in [0, 0.05) is 42.3 Å². The van der Waals surface area contributed by atoms with Gasteiger partial charge in [-0.15, -0.1) is 0 Å². The molecule has 0 aliphatic heterocycles. The van der Waals surface area contributed by atoms with Gasteiger partial charge in [0.05, 0.1) is 11.7 Å². The molecule has 2 unspecified atom stereocenters. The van der Waals surface area contributed by atoms with E-state index in [0.29, 0.717) is 30.5 Å². The lowest BCUT2D eigenvalue weighted by Gasteiger charge is -2.26. The molecular formula is C23H30F3N3O4. The third kappa shape index (κ3) is 6.55. The smallest absolute Gasteiger partial charge is 0.396 e. The Morgan fingerprint density at radius 2 is 1.91 bits per heavy atom. The number of nitrogens with one attached hydrogen (secondary N) is 2. The van der Waals surface area contributed by atoms with E-state index in [-0.39, 0.29) is 30.6 Å². The van der Waals surface area contributed by atoms with Gasteiger partial charge >= 0.3 is 6.18 Å². The van der Waals surface area contributed by atoms with Crippen molar-refractivity contribution in [3.63, 3.8) is 0 Å². The summed E-state index contributed by atoms with van der Waals surface area (Å²) < 4.78 is 44.2. The van der Waals surface area contributed by atoms with Crippen LogP contribution in [0.4, 0.5) is 13.2 Å². The van der Waals surface area contributed by atoms with Crippen LogP contribution in [0.1, 0.15) is 61.1 Å². The summed E-state index contributed by atoms with van der Waals surface area (Å²) in [5, 5.41) is 29.3. The molecule has 1 fully saturated rings. The highest BCUT2D eigenvalue weighted by Crippen LogP contribution is 2.33. The summed E-state index contributed by atoms with van der Waals surface area (Å²) in [6, 6.07) is 4.27. The molecule has 1 aromatic heterocycles. The van der Waals surface area contributed by atoms with Crippen molar-refractivity contribution in [3.05, 3.63) is 41.1 Å². The van der Waals surface area contributed by atoms with E-state index in [1.165, 1.54) is 12.1 Å². The Balaban J connectivity index is 1.86. The average Bonchev–Trinajstić information content (AvgIpc) is 3.17. The third-order valence-electron chi connectivity index (χ3n) is 5.79. The number of benzene rings is 1. The lowest BCUT2D eigenvalue weighted by atomic mass is 9.93. The van der Waals surface area contributed by atoms with E-state index in [2.05, 4.69) is 15.8 Å². The zero-order valence-electron chi connectivity index (χ0n) is 18.7. The normalized spacial score (nSPS) is 19.5. The van der Waals surface area contributed by atoms with Crippen LogP contribution in [-0.4, -0.2) is 46.6 Å². The molecule has 1 aromatic carbocycles. The van der Waals surface area contributed by atoms with Crippen LogP contribution in [0.15, 0.2) is 28.8 Å². The monoisotopic (exact) mass is 469 g/mol. The van der Waals surface area contributed by atoms with Crippen molar-refractivity contribution >= 4 is 5.91 Å². The van der Waals surface area contributed by atoms with Crippen LogP contribution < -0.4 is 10.6 Å². The maximum Gasteiger partial charge on any atom is 0.416 e. The van der Waals surface area contributed by atoms with Crippen molar-refractivity contribution in [3.8, 4) is 11.3 Å². The maximum absolute atomic E-state index is 13.0. The lowest BCUT2D eigenvalue weighted by molar-refractivity contribution is -0.137. The van der Waals surface area contributed by atoms with Crippen LogP contribution >= 0.6 is 0 Å². The van der Waals surface area contributed by atoms with Crippen LogP contribution in [0.3, 0.4) is 0 Å². The molecule has 0 spiro atoms. The van der Waals surface area contributed by atoms with Crippen molar-refractivity contribution in [2.45, 2.75) is 64.4 Å².